The molecule has 0 bridgehead atoms. The molecule has 2 amide bonds. The van der Waals surface area contributed by atoms with Crippen molar-refractivity contribution < 1.29 is 28.2 Å². The number of halogens is 2. The molecule has 116 valence electrons. The van der Waals surface area contributed by atoms with E-state index in [-0.39, 0.29) is 5.56 Å². The number of imide groups is 1. The van der Waals surface area contributed by atoms with E-state index in [4.69, 9.17) is 4.74 Å². The highest BCUT2D eigenvalue weighted by atomic mass is 19.2. The highest BCUT2D eigenvalue weighted by Gasteiger charge is 2.31. The Bertz CT molecular complexity index is 594. The van der Waals surface area contributed by atoms with Crippen LogP contribution in [0.1, 0.15) is 33.3 Å². The minimum absolute atomic E-state index is 0.0208. The molecule has 7 heteroatoms. The van der Waals surface area contributed by atoms with Crippen LogP contribution in [0.3, 0.4) is 0 Å². The first-order chi connectivity index (χ1) is 9.45. The van der Waals surface area contributed by atoms with Crippen molar-refractivity contribution in [2.75, 3.05) is 4.90 Å². The summed E-state index contributed by atoms with van der Waals surface area (Å²) in [6, 6.07) is 0.925. The summed E-state index contributed by atoms with van der Waals surface area (Å²) in [5.41, 5.74) is -1.47. The smallest absolute Gasteiger partial charge is 0.421 e. The number of hydrogen-bond donors (Lipinski definition) is 1. The lowest BCUT2D eigenvalue weighted by atomic mass is 10.1. The first kappa shape index (κ1) is 16.9. The average molecular weight is 301 g/mol. The van der Waals surface area contributed by atoms with Crippen LogP contribution in [-0.4, -0.2) is 22.7 Å². The highest BCUT2D eigenvalue weighted by Crippen LogP contribution is 2.32. The number of ether oxygens (including phenoxy) is 1. The van der Waals surface area contributed by atoms with Gasteiger partial charge in [-0.1, -0.05) is 0 Å². The van der Waals surface area contributed by atoms with Gasteiger partial charge in [0.25, 0.3) is 0 Å². The zero-order valence-corrected chi connectivity index (χ0v) is 12.5. The zero-order valence-electron chi connectivity index (χ0n) is 12.5. The van der Waals surface area contributed by atoms with Crippen molar-refractivity contribution in [3.8, 4) is 5.75 Å². The van der Waals surface area contributed by atoms with Crippen LogP contribution in [0.4, 0.5) is 19.3 Å². The fourth-order valence-corrected chi connectivity index (χ4v) is 1.69. The molecule has 0 unspecified atom stereocenters. The number of carbonyl (C=O) groups is 2. The van der Waals surface area contributed by atoms with Crippen LogP contribution >= 0.6 is 0 Å². The highest BCUT2D eigenvalue weighted by molar-refractivity contribution is 6.12. The van der Waals surface area contributed by atoms with E-state index in [0.29, 0.717) is 4.90 Å². The topological polar surface area (TPSA) is 66.8 Å². The fourth-order valence-electron chi connectivity index (χ4n) is 1.69. The van der Waals surface area contributed by atoms with Gasteiger partial charge in [-0.05, 0) is 39.3 Å². The molecular weight excluding hydrogens is 284 g/mol. The van der Waals surface area contributed by atoms with Crippen LogP contribution in [0.5, 0.6) is 5.75 Å². The number of phenolic OH excluding ortho intramolecular Hbond substituents is 1. The summed E-state index contributed by atoms with van der Waals surface area (Å²) in [6.45, 7) is 7.07. The molecule has 0 aliphatic rings. The summed E-state index contributed by atoms with van der Waals surface area (Å²) in [4.78, 5) is 24.1. The van der Waals surface area contributed by atoms with Crippen LogP contribution in [0, 0.1) is 18.6 Å². The van der Waals surface area contributed by atoms with Crippen LogP contribution < -0.4 is 4.90 Å². The van der Waals surface area contributed by atoms with Gasteiger partial charge in [0, 0.05) is 6.92 Å². The molecule has 1 aromatic rings. The number of aryl methyl sites for hydroxylation is 1. The van der Waals surface area contributed by atoms with E-state index >= 15 is 0 Å². The number of phenols is 1. The van der Waals surface area contributed by atoms with Crippen molar-refractivity contribution in [1.82, 2.24) is 0 Å². The molecule has 0 aliphatic carbocycles. The first-order valence-corrected chi connectivity index (χ1v) is 6.17. The van der Waals surface area contributed by atoms with Gasteiger partial charge < -0.3 is 9.84 Å². The second-order valence-electron chi connectivity index (χ2n) is 5.52. The Labute approximate surface area is 121 Å². The molecule has 0 spiro atoms. The Balaban J connectivity index is 3.41. The molecule has 0 saturated heterocycles. The number of nitrogens with zero attached hydrogens (tertiary/aromatic N) is 1. The largest absolute Gasteiger partial charge is 0.505 e. The zero-order chi connectivity index (χ0) is 16.5. The maximum atomic E-state index is 14.0. The van der Waals surface area contributed by atoms with Crippen LogP contribution in [0.25, 0.3) is 0 Å². The van der Waals surface area contributed by atoms with Crippen molar-refractivity contribution in [2.24, 2.45) is 0 Å². The number of amides is 2. The second-order valence-corrected chi connectivity index (χ2v) is 5.52. The third kappa shape index (κ3) is 3.68. The number of hydrogen-bond acceptors (Lipinski definition) is 4. The number of carbonyl (C=O) groups excluding carboxylic acids is 2. The molecular formula is C14H17F2NO4. The van der Waals surface area contributed by atoms with Crippen molar-refractivity contribution in [2.45, 2.75) is 40.2 Å². The maximum absolute atomic E-state index is 14.0. The van der Waals surface area contributed by atoms with Gasteiger partial charge in [-0.25, -0.2) is 14.1 Å². The Morgan fingerprint density at radius 2 is 1.76 bits per heavy atom. The van der Waals surface area contributed by atoms with Crippen molar-refractivity contribution >= 4 is 17.7 Å². The van der Waals surface area contributed by atoms with E-state index in [1.807, 2.05) is 0 Å². The van der Waals surface area contributed by atoms with Gasteiger partial charge in [0.15, 0.2) is 11.6 Å². The molecule has 1 aromatic carbocycles. The Morgan fingerprint density at radius 1 is 1.24 bits per heavy atom. The van der Waals surface area contributed by atoms with Crippen LogP contribution in [0.2, 0.25) is 0 Å². The molecule has 0 saturated carbocycles. The number of benzene rings is 1. The summed E-state index contributed by atoms with van der Waals surface area (Å²) < 4.78 is 32.5. The summed E-state index contributed by atoms with van der Waals surface area (Å²) in [5.74, 6) is -4.77. The van der Waals surface area contributed by atoms with Crippen molar-refractivity contribution in [3.05, 3.63) is 23.3 Å². The average Bonchev–Trinajstić information content (AvgIpc) is 2.28. The Kier molecular flexibility index (Phi) is 4.56. The molecule has 21 heavy (non-hydrogen) atoms. The van der Waals surface area contributed by atoms with Gasteiger partial charge in [-0.2, -0.15) is 4.39 Å². The van der Waals surface area contributed by atoms with E-state index in [2.05, 4.69) is 0 Å². The van der Waals surface area contributed by atoms with Gasteiger partial charge in [0.2, 0.25) is 11.7 Å². The molecule has 0 fully saturated rings. The molecule has 0 radical (unpaired) electrons. The number of rotatable bonds is 1. The van der Waals surface area contributed by atoms with Gasteiger partial charge in [-0.3, -0.25) is 4.79 Å². The third-order valence-electron chi connectivity index (χ3n) is 2.47. The lowest BCUT2D eigenvalue weighted by molar-refractivity contribution is -0.116. The van der Waals surface area contributed by atoms with Gasteiger partial charge in [-0.15, -0.1) is 0 Å². The minimum atomic E-state index is -1.54. The van der Waals surface area contributed by atoms with Gasteiger partial charge in [0.05, 0.1) is 5.69 Å². The molecule has 1 rings (SSSR count). The lowest BCUT2D eigenvalue weighted by Gasteiger charge is -2.26. The molecule has 1 N–H and O–H groups in total. The van der Waals surface area contributed by atoms with Crippen molar-refractivity contribution in [3.63, 3.8) is 0 Å². The second kappa shape index (κ2) is 5.67. The number of aromatic hydroxyl groups is 1. The normalized spacial score (nSPS) is 11.2. The standard InChI is InChI=1S/C14H17F2NO4/c1-7-6-9(19)10(15)11(16)12(7)17(8(2)18)13(20)21-14(3,4)5/h6,19H,1-5H3. The molecule has 0 heterocycles. The van der Waals surface area contributed by atoms with Gasteiger partial charge in [0.1, 0.15) is 5.60 Å². The van der Waals surface area contributed by atoms with Crippen LogP contribution in [0.15, 0.2) is 6.07 Å². The van der Waals surface area contributed by atoms with Gasteiger partial charge >= 0.3 is 6.09 Å². The maximum Gasteiger partial charge on any atom is 0.421 e. The van der Waals surface area contributed by atoms with Crippen LogP contribution in [-0.2, 0) is 9.53 Å². The number of anilines is 1. The summed E-state index contributed by atoms with van der Waals surface area (Å²) in [5, 5.41) is 9.22. The monoisotopic (exact) mass is 301 g/mol. The van der Waals surface area contributed by atoms with E-state index in [1.165, 1.54) is 6.92 Å². The minimum Gasteiger partial charge on any atom is -0.505 e. The summed E-state index contributed by atoms with van der Waals surface area (Å²) in [6.07, 6.45) is -1.12. The van der Waals surface area contributed by atoms with E-state index in [1.54, 1.807) is 20.8 Å². The molecule has 0 aliphatic heterocycles. The lowest BCUT2D eigenvalue weighted by Crippen LogP contribution is -2.40. The van der Waals surface area contributed by atoms with Crippen molar-refractivity contribution in [1.29, 1.82) is 0 Å². The SMILES string of the molecule is CC(=O)N(C(=O)OC(C)(C)C)c1c(C)cc(O)c(F)c1F. The van der Waals surface area contributed by atoms with E-state index in [0.717, 1.165) is 13.0 Å². The predicted octanol–water partition coefficient (Wildman–Crippen LogP) is 3.27. The molecule has 0 aromatic heterocycles. The fraction of sp³-hybridized carbons (Fsp3) is 0.429. The Hall–Kier alpha value is -2.18. The first-order valence-electron chi connectivity index (χ1n) is 6.17. The predicted molar refractivity (Wildman–Crippen MR) is 72.2 cm³/mol. The quantitative estimate of drug-likeness (QED) is 0.864. The third-order valence-corrected chi connectivity index (χ3v) is 2.47. The van der Waals surface area contributed by atoms with E-state index < -0.39 is 40.7 Å². The molecule has 0 atom stereocenters. The molecule has 5 nitrogen and oxygen atoms in total. The van der Waals surface area contributed by atoms with E-state index in [9.17, 15) is 23.5 Å². The summed E-state index contributed by atoms with van der Waals surface area (Å²) >= 11 is 0. The Morgan fingerprint density at radius 3 is 2.19 bits per heavy atom. The summed E-state index contributed by atoms with van der Waals surface area (Å²) in [7, 11) is 0.